The number of carbonyl (C=O) groups is 1. The van der Waals surface area contributed by atoms with E-state index >= 15 is 0 Å². The summed E-state index contributed by atoms with van der Waals surface area (Å²) in [7, 11) is 0. The van der Waals surface area contributed by atoms with Crippen LogP contribution in [0.25, 0.3) is 11.3 Å². The summed E-state index contributed by atoms with van der Waals surface area (Å²) in [5.74, 6) is -3.05. The molecule has 2 aliphatic rings. The zero-order valence-electron chi connectivity index (χ0n) is 18.2. The van der Waals surface area contributed by atoms with Crippen LogP contribution >= 0.6 is 0 Å². The molecule has 1 aliphatic carbocycles. The van der Waals surface area contributed by atoms with Crippen molar-refractivity contribution in [3.63, 3.8) is 0 Å². The number of halogens is 3. The van der Waals surface area contributed by atoms with Gasteiger partial charge in [-0.25, -0.2) is 18.2 Å². The molecule has 3 unspecified atom stereocenters. The van der Waals surface area contributed by atoms with E-state index in [9.17, 15) is 18.0 Å². The van der Waals surface area contributed by atoms with Gasteiger partial charge in [0.15, 0.2) is 0 Å². The minimum Gasteiger partial charge on any atom is -0.370 e. The van der Waals surface area contributed by atoms with E-state index in [4.69, 9.17) is 10.5 Å². The third-order valence-electron chi connectivity index (χ3n) is 6.27. The molecule has 5 rings (SSSR count). The largest absolute Gasteiger partial charge is 0.370 e. The van der Waals surface area contributed by atoms with Crippen molar-refractivity contribution >= 4 is 11.6 Å². The molecule has 2 aromatic heterocycles. The van der Waals surface area contributed by atoms with Gasteiger partial charge in [-0.2, -0.15) is 0 Å². The summed E-state index contributed by atoms with van der Waals surface area (Å²) in [6.07, 6.45) is 6.54. The van der Waals surface area contributed by atoms with E-state index < -0.39 is 34.6 Å². The summed E-state index contributed by atoms with van der Waals surface area (Å²) in [6, 6.07) is 7.02. The molecule has 1 saturated heterocycles. The average Bonchev–Trinajstić information content (AvgIpc) is 3.66. The number of nitrogens with two attached hydrogens (primary N) is 1. The first-order valence-electron chi connectivity index (χ1n) is 11.2. The Morgan fingerprint density at radius 3 is 2.53 bits per heavy atom. The highest BCUT2D eigenvalue weighted by Crippen LogP contribution is 2.43. The maximum absolute atomic E-state index is 14.4. The van der Waals surface area contributed by atoms with Crippen LogP contribution in [0.3, 0.4) is 0 Å². The molecule has 0 spiro atoms. The Morgan fingerprint density at radius 2 is 1.79 bits per heavy atom. The number of rotatable bonds is 5. The summed E-state index contributed by atoms with van der Waals surface area (Å²) in [5, 5.41) is 2.73. The van der Waals surface area contributed by atoms with Gasteiger partial charge >= 0.3 is 0 Å². The lowest BCUT2D eigenvalue weighted by Gasteiger charge is -2.35. The van der Waals surface area contributed by atoms with Crippen molar-refractivity contribution in [2.75, 3.05) is 5.32 Å². The molecule has 1 amide bonds. The molecule has 3 heterocycles. The number of pyridine rings is 2. The maximum atomic E-state index is 14.4. The third kappa shape index (κ3) is 4.53. The Morgan fingerprint density at radius 1 is 1.03 bits per heavy atom. The van der Waals surface area contributed by atoms with Gasteiger partial charge in [0, 0.05) is 17.8 Å². The predicted octanol–water partition coefficient (Wildman–Crippen LogP) is 4.77. The maximum Gasteiger partial charge on any atom is 0.274 e. The average molecular weight is 468 g/mol. The van der Waals surface area contributed by atoms with Crippen molar-refractivity contribution in [2.24, 2.45) is 11.7 Å². The molecular formula is C25H23F3N4O2. The second-order valence-corrected chi connectivity index (χ2v) is 8.77. The van der Waals surface area contributed by atoms with Crippen LogP contribution in [0, 0.1) is 23.4 Å². The number of ether oxygens (including phenoxy) is 1. The number of carbonyl (C=O) groups excluding carboxylic acids is 1. The fourth-order valence-corrected chi connectivity index (χ4v) is 4.41. The number of benzene rings is 1. The number of hydrogen-bond acceptors (Lipinski definition) is 5. The van der Waals surface area contributed by atoms with Crippen LogP contribution < -0.4 is 11.1 Å². The lowest BCUT2D eigenvalue weighted by atomic mass is 9.92. The number of nitrogens with one attached hydrogen (secondary N) is 1. The number of anilines is 1. The fourth-order valence-electron chi connectivity index (χ4n) is 4.41. The first-order valence-corrected chi connectivity index (χ1v) is 11.2. The number of nitrogens with zero attached hydrogens (tertiary/aromatic N) is 2. The van der Waals surface area contributed by atoms with Gasteiger partial charge in [-0.3, -0.25) is 9.78 Å². The first-order chi connectivity index (χ1) is 16.4. The minimum absolute atomic E-state index is 0.0157. The monoisotopic (exact) mass is 468 g/mol. The molecule has 9 heteroatoms. The molecule has 0 bridgehead atoms. The minimum atomic E-state index is -0.977. The zero-order valence-corrected chi connectivity index (χ0v) is 18.2. The zero-order chi connectivity index (χ0) is 23.8. The molecule has 34 heavy (non-hydrogen) atoms. The normalized spacial score (nSPS) is 22.4. The van der Waals surface area contributed by atoms with Crippen LogP contribution in [0.4, 0.5) is 18.9 Å². The molecule has 3 aromatic rings. The Balaban J connectivity index is 1.42. The van der Waals surface area contributed by atoms with Gasteiger partial charge in [0.2, 0.25) is 0 Å². The summed E-state index contributed by atoms with van der Waals surface area (Å²) < 4.78 is 49.1. The first kappa shape index (κ1) is 22.5. The van der Waals surface area contributed by atoms with Crippen LogP contribution in [0.5, 0.6) is 0 Å². The summed E-state index contributed by atoms with van der Waals surface area (Å²) in [6.45, 7) is 0. The van der Waals surface area contributed by atoms with Gasteiger partial charge in [-0.1, -0.05) is 6.07 Å². The molecular weight excluding hydrogens is 445 g/mol. The molecule has 6 nitrogen and oxygen atoms in total. The van der Waals surface area contributed by atoms with E-state index in [1.165, 1.54) is 12.3 Å². The Kier molecular flexibility index (Phi) is 6.05. The summed E-state index contributed by atoms with van der Waals surface area (Å²) in [4.78, 5) is 21.0. The highest BCUT2D eigenvalue weighted by atomic mass is 19.1. The molecule has 1 aliphatic heterocycles. The fraction of sp³-hybridized carbons (Fsp3) is 0.320. The van der Waals surface area contributed by atoms with Crippen molar-refractivity contribution in [1.82, 2.24) is 9.97 Å². The number of aromatic nitrogens is 2. The van der Waals surface area contributed by atoms with Gasteiger partial charge in [0.25, 0.3) is 5.91 Å². The second-order valence-electron chi connectivity index (χ2n) is 8.77. The lowest BCUT2D eigenvalue weighted by Crippen LogP contribution is -2.37. The van der Waals surface area contributed by atoms with Crippen molar-refractivity contribution in [2.45, 2.75) is 43.9 Å². The molecule has 1 aromatic carbocycles. The van der Waals surface area contributed by atoms with Gasteiger partial charge in [-0.15, -0.1) is 0 Å². The topological polar surface area (TPSA) is 90.1 Å². The van der Waals surface area contributed by atoms with Crippen molar-refractivity contribution in [3.05, 3.63) is 77.5 Å². The summed E-state index contributed by atoms with van der Waals surface area (Å²) >= 11 is 0. The van der Waals surface area contributed by atoms with E-state index in [1.54, 1.807) is 12.3 Å². The molecule has 0 radical (unpaired) electrons. The van der Waals surface area contributed by atoms with E-state index in [0.29, 0.717) is 18.0 Å². The van der Waals surface area contributed by atoms with Crippen LogP contribution in [0.1, 0.15) is 47.8 Å². The Hall–Kier alpha value is -3.30. The van der Waals surface area contributed by atoms with Crippen LogP contribution in [0.15, 0.2) is 48.8 Å². The number of hydrogen-bond donors (Lipinski definition) is 2. The highest BCUT2D eigenvalue weighted by molar-refractivity contribution is 6.03. The third-order valence-corrected chi connectivity index (χ3v) is 6.27. The van der Waals surface area contributed by atoms with Crippen LogP contribution in [0.2, 0.25) is 0 Å². The van der Waals surface area contributed by atoms with Crippen molar-refractivity contribution in [1.29, 1.82) is 0 Å². The molecule has 3 atom stereocenters. The molecule has 176 valence electrons. The van der Waals surface area contributed by atoms with Gasteiger partial charge in [-0.05, 0) is 61.9 Å². The van der Waals surface area contributed by atoms with Crippen molar-refractivity contribution in [3.8, 4) is 11.3 Å². The van der Waals surface area contributed by atoms with Crippen molar-refractivity contribution < 1.29 is 22.7 Å². The Labute approximate surface area is 194 Å². The van der Waals surface area contributed by atoms with Crippen LogP contribution in [-0.2, 0) is 4.74 Å². The van der Waals surface area contributed by atoms with Gasteiger partial charge in [0.1, 0.15) is 28.8 Å². The molecule has 2 fully saturated rings. The van der Waals surface area contributed by atoms with Crippen LogP contribution in [-0.4, -0.2) is 28.0 Å². The number of amides is 1. The second kappa shape index (κ2) is 9.15. The van der Waals surface area contributed by atoms with Gasteiger partial charge in [0.05, 0.1) is 29.7 Å². The Bertz CT molecular complexity index is 1210. The quantitative estimate of drug-likeness (QED) is 0.563. The molecule has 1 saturated carbocycles. The SMILES string of the molecule is NC1CC(c2ccncc2NC(=O)c2ccc(F)c(-c3c(F)cccc3F)n2)OC(C2CC2)C1. The van der Waals surface area contributed by atoms with E-state index in [1.807, 2.05) is 0 Å². The highest BCUT2D eigenvalue weighted by Gasteiger charge is 2.39. The van der Waals surface area contributed by atoms with Gasteiger partial charge < -0.3 is 15.8 Å². The molecule has 3 N–H and O–H groups in total. The van der Waals surface area contributed by atoms with E-state index in [0.717, 1.165) is 49.1 Å². The van der Waals surface area contributed by atoms with E-state index in [-0.39, 0.29) is 23.9 Å². The lowest BCUT2D eigenvalue weighted by molar-refractivity contribution is -0.0682. The smallest absolute Gasteiger partial charge is 0.274 e. The predicted molar refractivity (Wildman–Crippen MR) is 119 cm³/mol. The summed E-state index contributed by atoms with van der Waals surface area (Å²) in [5.41, 5.74) is 6.00. The van der Waals surface area contributed by atoms with E-state index in [2.05, 4.69) is 15.3 Å². The standard InChI is InChI=1S/C25H23F3N4O2/c26-16-2-1-3-17(27)23(16)24-18(28)6-7-19(31-24)25(33)32-20-12-30-9-8-15(20)22-11-14(29)10-21(34-22)13-4-5-13/h1-3,6-9,12-14,21-22H,4-5,10-11,29H2,(H,32,33).